The Morgan fingerprint density at radius 1 is 1.13 bits per heavy atom. The molecule has 168 valence electrons. The van der Waals surface area contributed by atoms with Crippen molar-refractivity contribution < 1.29 is 24.2 Å². The maximum absolute atomic E-state index is 11.9. The summed E-state index contributed by atoms with van der Waals surface area (Å²) >= 11 is 0. The normalized spacial score (nSPS) is 16.2. The number of carbonyl (C=O) groups excluding carboxylic acids is 2. The highest BCUT2D eigenvalue weighted by Crippen LogP contribution is 2.14. The zero-order valence-corrected chi connectivity index (χ0v) is 18.1. The molecule has 1 aliphatic rings. The van der Waals surface area contributed by atoms with Gasteiger partial charge in [0.05, 0.1) is 6.54 Å². The Morgan fingerprint density at radius 2 is 1.80 bits per heavy atom. The first-order chi connectivity index (χ1) is 14.5. The lowest BCUT2D eigenvalue weighted by molar-refractivity contribution is -0.122. The maximum Gasteiger partial charge on any atom is 0.234 e. The molecule has 0 spiro atoms. The lowest BCUT2D eigenvalue weighted by Gasteiger charge is -2.35. The van der Waals surface area contributed by atoms with Crippen molar-refractivity contribution in [2.45, 2.75) is 25.9 Å². The summed E-state index contributed by atoms with van der Waals surface area (Å²) < 4.78 is 10.6. The van der Waals surface area contributed by atoms with Gasteiger partial charge in [0.15, 0.2) is 5.78 Å². The number of β-amino-alcohol motifs (C(OH)–C–C–N with tert-alkyl or cyclic N) is 1. The lowest BCUT2D eigenvalue weighted by Crippen LogP contribution is -2.51. The first kappa shape index (κ1) is 24.3. The molecule has 2 N–H and O–H groups in total. The van der Waals surface area contributed by atoms with Gasteiger partial charge in [0.25, 0.3) is 0 Å². The van der Waals surface area contributed by atoms with E-state index in [1.54, 1.807) is 31.4 Å². The molecule has 1 aliphatic heterocycles. The third-order valence-electron chi connectivity index (χ3n) is 5.09. The van der Waals surface area contributed by atoms with Gasteiger partial charge in [-0.25, -0.2) is 0 Å². The highest BCUT2D eigenvalue weighted by molar-refractivity contribution is 5.95. The quantitative estimate of drug-likeness (QED) is 0.359. The van der Waals surface area contributed by atoms with E-state index < -0.39 is 6.10 Å². The Bertz CT molecular complexity index is 645. The van der Waals surface area contributed by atoms with Crippen LogP contribution in [-0.4, -0.2) is 98.8 Å². The molecule has 1 fully saturated rings. The predicted octanol–water partition coefficient (Wildman–Crippen LogP) is 0.789. The average Bonchev–Trinajstić information content (AvgIpc) is 2.76. The van der Waals surface area contributed by atoms with Crippen molar-refractivity contribution in [3.8, 4) is 5.75 Å². The van der Waals surface area contributed by atoms with Gasteiger partial charge in [-0.15, -0.1) is 0 Å². The molecule has 30 heavy (non-hydrogen) atoms. The van der Waals surface area contributed by atoms with Crippen LogP contribution in [0, 0.1) is 0 Å². The molecule has 1 saturated heterocycles. The number of Topliss-reactive ketones (excluding diaryl/α,β-unsaturated/α-hetero) is 1. The van der Waals surface area contributed by atoms with Crippen molar-refractivity contribution in [2.24, 2.45) is 0 Å². The zero-order valence-electron chi connectivity index (χ0n) is 18.1. The minimum absolute atomic E-state index is 0.0413. The van der Waals surface area contributed by atoms with Crippen molar-refractivity contribution in [2.75, 3.05) is 66.1 Å². The highest BCUT2D eigenvalue weighted by Gasteiger charge is 2.21. The van der Waals surface area contributed by atoms with Gasteiger partial charge in [0.2, 0.25) is 5.91 Å². The number of hydrogen-bond donors (Lipinski definition) is 2. The number of ketones is 1. The second-order valence-corrected chi connectivity index (χ2v) is 7.54. The van der Waals surface area contributed by atoms with E-state index in [-0.39, 0.29) is 18.3 Å². The third kappa shape index (κ3) is 8.79. The van der Waals surface area contributed by atoms with Gasteiger partial charge in [0, 0.05) is 65.0 Å². The SMILES string of the molecule is CCC(=O)c1ccc(OCC(O)CN2CCN(CC(=O)NCCCOC)CC2)cc1. The van der Waals surface area contributed by atoms with Gasteiger partial charge < -0.3 is 19.9 Å². The van der Waals surface area contributed by atoms with Crippen LogP contribution < -0.4 is 10.1 Å². The topological polar surface area (TPSA) is 91.3 Å². The number of nitrogens with zero attached hydrogens (tertiary/aromatic N) is 2. The largest absolute Gasteiger partial charge is 0.491 e. The zero-order chi connectivity index (χ0) is 21.8. The van der Waals surface area contributed by atoms with Crippen LogP contribution in [0.5, 0.6) is 5.75 Å². The molecule has 1 amide bonds. The van der Waals surface area contributed by atoms with Crippen LogP contribution in [-0.2, 0) is 9.53 Å². The van der Waals surface area contributed by atoms with Crippen LogP contribution in [0.15, 0.2) is 24.3 Å². The van der Waals surface area contributed by atoms with Crippen LogP contribution in [0.25, 0.3) is 0 Å². The van der Waals surface area contributed by atoms with Gasteiger partial charge in [0.1, 0.15) is 18.5 Å². The Labute approximate surface area is 179 Å². The fourth-order valence-corrected chi connectivity index (χ4v) is 3.32. The molecule has 0 radical (unpaired) electrons. The van der Waals surface area contributed by atoms with Crippen LogP contribution in [0.2, 0.25) is 0 Å². The third-order valence-corrected chi connectivity index (χ3v) is 5.09. The number of benzene rings is 1. The smallest absolute Gasteiger partial charge is 0.234 e. The number of aliphatic hydroxyl groups excluding tert-OH is 1. The van der Waals surface area contributed by atoms with Crippen LogP contribution in [0.3, 0.4) is 0 Å². The van der Waals surface area contributed by atoms with E-state index in [9.17, 15) is 14.7 Å². The van der Waals surface area contributed by atoms with E-state index in [4.69, 9.17) is 9.47 Å². The predicted molar refractivity (Wildman–Crippen MR) is 115 cm³/mol. The van der Waals surface area contributed by atoms with Crippen molar-refractivity contribution in [1.29, 1.82) is 0 Å². The first-order valence-corrected chi connectivity index (χ1v) is 10.7. The molecule has 8 nitrogen and oxygen atoms in total. The van der Waals surface area contributed by atoms with E-state index in [0.29, 0.717) is 44.0 Å². The van der Waals surface area contributed by atoms with E-state index in [0.717, 1.165) is 32.6 Å². The van der Waals surface area contributed by atoms with Crippen molar-refractivity contribution in [3.63, 3.8) is 0 Å². The minimum atomic E-state index is -0.599. The number of rotatable bonds is 13. The molecule has 1 aromatic rings. The van der Waals surface area contributed by atoms with E-state index in [1.165, 1.54) is 0 Å². The average molecular weight is 422 g/mol. The van der Waals surface area contributed by atoms with Gasteiger partial charge in [-0.1, -0.05) is 6.92 Å². The molecular weight excluding hydrogens is 386 g/mol. The number of nitrogens with one attached hydrogen (secondary N) is 1. The second-order valence-electron chi connectivity index (χ2n) is 7.54. The molecule has 2 rings (SSSR count). The molecule has 0 aliphatic carbocycles. The summed E-state index contributed by atoms with van der Waals surface area (Å²) in [5.41, 5.74) is 0.673. The number of hydrogen-bond acceptors (Lipinski definition) is 7. The second kappa shape index (κ2) is 13.3. The molecule has 1 unspecified atom stereocenters. The number of aliphatic hydroxyl groups is 1. The van der Waals surface area contributed by atoms with E-state index >= 15 is 0 Å². The Morgan fingerprint density at radius 3 is 2.43 bits per heavy atom. The van der Waals surface area contributed by atoms with E-state index in [2.05, 4.69) is 15.1 Å². The van der Waals surface area contributed by atoms with Gasteiger partial charge >= 0.3 is 0 Å². The molecule has 8 heteroatoms. The Hall–Kier alpha value is -2.00. The van der Waals surface area contributed by atoms with Crippen molar-refractivity contribution >= 4 is 11.7 Å². The molecule has 0 aromatic heterocycles. The standard InChI is InChI=1S/C22H35N3O5/c1-3-21(27)18-5-7-20(8-6-18)30-17-19(26)15-24-10-12-25(13-11-24)16-22(28)23-9-4-14-29-2/h5-8,19,26H,3-4,9-17H2,1-2H3,(H,23,28). The summed E-state index contributed by atoms with van der Waals surface area (Å²) in [5, 5.41) is 13.2. The number of carbonyl (C=O) groups is 2. The number of methoxy groups -OCH3 is 1. The van der Waals surface area contributed by atoms with Gasteiger partial charge in [-0.2, -0.15) is 0 Å². The van der Waals surface area contributed by atoms with E-state index in [1.807, 2.05) is 6.92 Å². The van der Waals surface area contributed by atoms with Gasteiger partial charge in [-0.3, -0.25) is 19.4 Å². The summed E-state index contributed by atoms with van der Waals surface area (Å²) in [6, 6.07) is 7.02. The maximum atomic E-state index is 11.9. The summed E-state index contributed by atoms with van der Waals surface area (Å²) in [6.45, 7) is 7.47. The lowest BCUT2D eigenvalue weighted by atomic mass is 10.1. The molecule has 1 aromatic carbocycles. The summed E-state index contributed by atoms with van der Waals surface area (Å²) in [5.74, 6) is 0.784. The summed E-state index contributed by atoms with van der Waals surface area (Å²) in [4.78, 5) is 27.9. The molecular formula is C22H35N3O5. The number of amides is 1. The monoisotopic (exact) mass is 421 g/mol. The first-order valence-electron chi connectivity index (χ1n) is 10.7. The Balaban J connectivity index is 1.61. The Kier molecular flexibility index (Phi) is 10.8. The van der Waals surface area contributed by atoms with Crippen LogP contribution in [0.1, 0.15) is 30.1 Å². The number of ether oxygens (including phenoxy) is 2. The molecule has 1 heterocycles. The molecule has 0 saturated carbocycles. The summed E-state index contributed by atoms with van der Waals surface area (Å²) in [6.07, 6.45) is 0.694. The number of piperazine rings is 1. The molecule has 0 bridgehead atoms. The fraction of sp³-hybridized carbons (Fsp3) is 0.636. The summed E-state index contributed by atoms with van der Waals surface area (Å²) in [7, 11) is 1.65. The van der Waals surface area contributed by atoms with Gasteiger partial charge in [-0.05, 0) is 30.7 Å². The minimum Gasteiger partial charge on any atom is -0.491 e. The fourth-order valence-electron chi connectivity index (χ4n) is 3.32. The van der Waals surface area contributed by atoms with Crippen molar-refractivity contribution in [3.05, 3.63) is 29.8 Å². The highest BCUT2D eigenvalue weighted by atomic mass is 16.5. The molecule has 1 atom stereocenters. The van der Waals surface area contributed by atoms with Crippen LogP contribution in [0.4, 0.5) is 0 Å². The van der Waals surface area contributed by atoms with Crippen molar-refractivity contribution in [1.82, 2.24) is 15.1 Å². The van der Waals surface area contributed by atoms with Crippen LogP contribution >= 0.6 is 0 Å².